The van der Waals surface area contributed by atoms with Gasteiger partial charge in [0.25, 0.3) is 0 Å². The molecule has 1 aliphatic rings. The summed E-state index contributed by atoms with van der Waals surface area (Å²) in [5.74, 6) is -0.155. The van der Waals surface area contributed by atoms with Crippen LogP contribution in [0, 0.1) is 5.41 Å². The van der Waals surface area contributed by atoms with E-state index in [4.69, 9.17) is 0 Å². The van der Waals surface area contributed by atoms with Gasteiger partial charge in [0.15, 0.2) is 5.78 Å². The molecule has 0 spiro atoms. The van der Waals surface area contributed by atoms with Crippen molar-refractivity contribution in [1.29, 1.82) is 0 Å². The first-order valence-corrected chi connectivity index (χ1v) is 9.49. The second kappa shape index (κ2) is 10.2. The van der Waals surface area contributed by atoms with Gasteiger partial charge < -0.3 is 5.11 Å². The molecule has 0 aromatic heterocycles. The van der Waals surface area contributed by atoms with E-state index in [0.29, 0.717) is 12.0 Å². The van der Waals surface area contributed by atoms with E-state index in [1.165, 1.54) is 11.1 Å². The van der Waals surface area contributed by atoms with Gasteiger partial charge in [-0.1, -0.05) is 85.3 Å². The number of allylic oxidation sites excluding steroid dienone is 13. The standard InChI is InChI=1S/C25H34O2/c1-18(2)11-8-9-12-19(3)13-10-14-20(4)15-16-22-21(5)24(27)23(26)17-25(22,6)7/h8-16,23,26H,17H2,1-7H3/b9-8+,13-10+,16-15+,19-12+,20-14+/t23-/m0/s1. The monoisotopic (exact) mass is 366 g/mol. The van der Waals surface area contributed by atoms with Gasteiger partial charge in [-0.3, -0.25) is 4.79 Å². The first-order chi connectivity index (χ1) is 12.5. The van der Waals surface area contributed by atoms with E-state index in [1.807, 2.05) is 44.2 Å². The van der Waals surface area contributed by atoms with E-state index in [-0.39, 0.29) is 11.2 Å². The Morgan fingerprint density at radius 3 is 2.15 bits per heavy atom. The van der Waals surface area contributed by atoms with Crippen molar-refractivity contribution in [3.63, 3.8) is 0 Å². The molecule has 0 amide bonds. The highest BCUT2D eigenvalue weighted by Crippen LogP contribution is 2.39. The van der Waals surface area contributed by atoms with Crippen molar-refractivity contribution in [2.75, 3.05) is 0 Å². The van der Waals surface area contributed by atoms with Gasteiger partial charge in [-0.05, 0) is 57.6 Å². The summed E-state index contributed by atoms with van der Waals surface area (Å²) >= 11 is 0. The molecule has 0 unspecified atom stereocenters. The Kier molecular flexibility index (Phi) is 8.65. The summed E-state index contributed by atoms with van der Waals surface area (Å²) in [7, 11) is 0. The minimum absolute atomic E-state index is 0.155. The Balaban J connectivity index is 2.84. The fourth-order valence-electron chi connectivity index (χ4n) is 3.06. The molecule has 1 aliphatic carbocycles. The van der Waals surface area contributed by atoms with Gasteiger partial charge in [-0.25, -0.2) is 0 Å². The lowest BCUT2D eigenvalue weighted by atomic mass is 9.71. The smallest absolute Gasteiger partial charge is 0.187 e. The zero-order valence-electron chi connectivity index (χ0n) is 17.8. The fourth-order valence-corrected chi connectivity index (χ4v) is 3.06. The van der Waals surface area contributed by atoms with Crippen molar-refractivity contribution in [3.8, 4) is 0 Å². The molecule has 0 saturated carbocycles. The molecular formula is C25H34O2. The quantitative estimate of drug-likeness (QED) is 0.569. The number of carbonyl (C=O) groups is 1. The molecule has 1 N–H and O–H groups in total. The number of aliphatic hydroxyl groups is 1. The van der Waals surface area contributed by atoms with Gasteiger partial charge in [0.05, 0.1) is 0 Å². The summed E-state index contributed by atoms with van der Waals surface area (Å²) in [5, 5.41) is 9.91. The predicted octanol–water partition coefficient (Wildman–Crippen LogP) is 6.19. The Morgan fingerprint density at radius 1 is 0.963 bits per heavy atom. The third kappa shape index (κ3) is 7.52. The van der Waals surface area contributed by atoms with Crippen molar-refractivity contribution >= 4 is 5.78 Å². The summed E-state index contributed by atoms with van der Waals surface area (Å²) in [6.45, 7) is 14.2. The van der Waals surface area contributed by atoms with Crippen LogP contribution in [0.25, 0.3) is 0 Å². The third-order valence-corrected chi connectivity index (χ3v) is 4.64. The molecule has 1 rings (SSSR count). The van der Waals surface area contributed by atoms with Crippen LogP contribution in [0.15, 0.2) is 82.5 Å². The maximum absolute atomic E-state index is 12.1. The molecule has 2 heteroatoms. The van der Waals surface area contributed by atoms with E-state index in [1.54, 1.807) is 0 Å². The second-order valence-electron chi connectivity index (χ2n) is 8.15. The predicted molar refractivity (Wildman–Crippen MR) is 116 cm³/mol. The van der Waals surface area contributed by atoms with Crippen LogP contribution in [0.1, 0.15) is 54.9 Å². The van der Waals surface area contributed by atoms with E-state index in [2.05, 4.69) is 58.9 Å². The topological polar surface area (TPSA) is 37.3 Å². The molecule has 0 heterocycles. The van der Waals surface area contributed by atoms with Gasteiger partial charge in [0.1, 0.15) is 6.10 Å². The Bertz CT molecular complexity index is 758. The highest BCUT2D eigenvalue weighted by molar-refractivity contribution is 6.00. The molecule has 0 aliphatic heterocycles. The van der Waals surface area contributed by atoms with Crippen LogP contribution in [0.5, 0.6) is 0 Å². The first kappa shape index (κ1) is 22.9. The summed E-state index contributed by atoms with van der Waals surface area (Å²) in [5.41, 5.74) is 5.03. The van der Waals surface area contributed by atoms with Crippen LogP contribution in [0.4, 0.5) is 0 Å². The van der Waals surface area contributed by atoms with E-state index < -0.39 is 6.10 Å². The molecule has 1 atom stereocenters. The van der Waals surface area contributed by atoms with Crippen molar-refractivity contribution in [1.82, 2.24) is 0 Å². The highest BCUT2D eigenvalue weighted by atomic mass is 16.3. The van der Waals surface area contributed by atoms with Gasteiger partial charge in [0, 0.05) is 0 Å². The maximum Gasteiger partial charge on any atom is 0.187 e. The van der Waals surface area contributed by atoms with Gasteiger partial charge >= 0.3 is 0 Å². The minimum Gasteiger partial charge on any atom is -0.385 e. The van der Waals surface area contributed by atoms with Gasteiger partial charge in [0.2, 0.25) is 0 Å². The molecule has 0 saturated heterocycles. The average Bonchev–Trinajstić information content (AvgIpc) is 2.56. The molecule has 0 aromatic rings. The average molecular weight is 367 g/mol. The summed E-state index contributed by atoms with van der Waals surface area (Å²) in [6, 6.07) is 0. The Hall–Kier alpha value is -2.19. The zero-order valence-corrected chi connectivity index (χ0v) is 17.8. The largest absolute Gasteiger partial charge is 0.385 e. The highest BCUT2D eigenvalue weighted by Gasteiger charge is 2.36. The number of ketones is 1. The molecule has 0 aromatic carbocycles. The van der Waals surface area contributed by atoms with Crippen molar-refractivity contribution in [2.45, 2.75) is 61.0 Å². The Labute approximate surface area is 165 Å². The lowest BCUT2D eigenvalue weighted by Gasteiger charge is -2.34. The number of Topliss-reactive ketones (excluding diaryl/α,β-unsaturated/α-hetero) is 1. The van der Waals surface area contributed by atoms with E-state index in [9.17, 15) is 9.90 Å². The number of hydrogen-bond donors (Lipinski definition) is 1. The fraction of sp³-hybridized carbons (Fsp3) is 0.400. The summed E-state index contributed by atoms with van der Waals surface area (Å²) in [4.78, 5) is 12.1. The molecule has 27 heavy (non-hydrogen) atoms. The van der Waals surface area contributed by atoms with Gasteiger partial charge in [-0.15, -0.1) is 0 Å². The van der Waals surface area contributed by atoms with E-state index >= 15 is 0 Å². The number of hydrogen-bond acceptors (Lipinski definition) is 2. The zero-order chi connectivity index (χ0) is 20.6. The molecular weight excluding hydrogens is 332 g/mol. The van der Waals surface area contributed by atoms with Gasteiger partial charge in [-0.2, -0.15) is 0 Å². The van der Waals surface area contributed by atoms with Crippen LogP contribution in [0.3, 0.4) is 0 Å². The van der Waals surface area contributed by atoms with Crippen LogP contribution in [-0.2, 0) is 4.79 Å². The molecule has 0 radical (unpaired) electrons. The Morgan fingerprint density at radius 2 is 1.52 bits per heavy atom. The minimum atomic E-state index is -0.878. The van der Waals surface area contributed by atoms with Crippen LogP contribution in [0.2, 0.25) is 0 Å². The summed E-state index contributed by atoms with van der Waals surface area (Å²) in [6.07, 6.45) is 18.0. The molecule has 2 nitrogen and oxygen atoms in total. The number of carbonyl (C=O) groups excluding carboxylic acids is 1. The second-order valence-corrected chi connectivity index (χ2v) is 8.15. The van der Waals surface area contributed by atoms with Crippen LogP contribution in [-0.4, -0.2) is 17.0 Å². The van der Waals surface area contributed by atoms with Crippen LogP contribution >= 0.6 is 0 Å². The molecule has 0 bridgehead atoms. The molecule has 146 valence electrons. The number of aliphatic hydroxyl groups excluding tert-OH is 1. The lowest BCUT2D eigenvalue weighted by Crippen LogP contribution is -2.35. The number of rotatable bonds is 6. The maximum atomic E-state index is 12.1. The van der Waals surface area contributed by atoms with Crippen molar-refractivity contribution < 1.29 is 9.90 Å². The lowest BCUT2D eigenvalue weighted by molar-refractivity contribution is -0.125. The van der Waals surface area contributed by atoms with Crippen LogP contribution < -0.4 is 0 Å². The van der Waals surface area contributed by atoms with Crippen molar-refractivity contribution in [3.05, 3.63) is 82.5 Å². The SMILES string of the molecule is CC(C)=C/C=C/C=C(C)/C=C/C=C(C)/C=C/C1=C(C)C(=O)[C@@H](O)CC1(C)C. The molecule has 0 fully saturated rings. The third-order valence-electron chi connectivity index (χ3n) is 4.64. The van der Waals surface area contributed by atoms with E-state index in [0.717, 1.165) is 11.1 Å². The normalized spacial score (nSPS) is 21.8. The first-order valence-electron chi connectivity index (χ1n) is 9.49. The summed E-state index contributed by atoms with van der Waals surface area (Å²) < 4.78 is 0. The van der Waals surface area contributed by atoms with Crippen molar-refractivity contribution in [2.24, 2.45) is 5.41 Å².